The topological polar surface area (TPSA) is 161 Å². The van der Waals surface area contributed by atoms with E-state index in [0.29, 0.717) is 18.7 Å². The molecule has 192 valence electrons. The average Bonchev–Trinajstić information content (AvgIpc) is 3.53. The fourth-order valence-electron chi connectivity index (χ4n) is 4.08. The number of nitrogens with zero attached hydrogens (tertiary/aromatic N) is 4. The Labute approximate surface area is 204 Å². The molecule has 13 heteroatoms. The molecule has 2 aromatic heterocycles. The summed E-state index contributed by atoms with van der Waals surface area (Å²) in [5.41, 5.74) is 5.75. The number of halogens is 3. The van der Waals surface area contributed by atoms with Crippen molar-refractivity contribution in [3.63, 3.8) is 0 Å². The number of carbonyl (C=O) groups is 2. The molecule has 1 aliphatic heterocycles. The Morgan fingerprint density at radius 2 is 1.92 bits per heavy atom. The molecule has 0 bridgehead atoms. The molecule has 0 radical (unpaired) electrons. The number of hydrogen-bond acceptors (Lipinski definition) is 7. The number of pyridine rings is 1. The summed E-state index contributed by atoms with van der Waals surface area (Å²) in [7, 11) is 0. The van der Waals surface area contributed by atoms with Gasteiger partial charge in [-0.25, -0.2) is 0 Å². The first-order chi connectivity index (χ1) is 17.1. The van der Waals surface area contributed by atoms with Gasteiger partial charge in [0.05, 0.1) is 11.6 Å². The van der Waals surface area contributed by atoms with Crippen molar-refractivity contribution >= 4 is 11.9 Å². The summed E-state index contributed by atoms with van der Waals surface area (Å²) in [5, 5.41) is 35.0. The van der Waals surface area contributed by atoms with Gasteiger partial charge in [-0.3, -0.25) is 9.78 Å². The Balaban J connectivity index is 0.000000454. The Morgan fingerprint density at radius 1 is 1.19 bits per heavy atom. The van der Waals surface area contributed by atoms with E-state index in [1.807, 2.05) is 25.3 Å². The van der Waals surface area contributed by atoms with Gasteiger partial charge in [0.2, 0.25) is 0 Å². The van der Waals surface area contributed by atoms with Gasteiger partial charge in [-0.05, 0) is 30.5 Å². The summed E-state index contributed by atoms with van der Waals surface area (Å²) in [6.07, 6.45) is -1.53. The molecule has 3 heterocycles. The van der Waals surface area contributed by atoms with E-state index in [4.69, 9.17) is 9.90 Å². The van der Waals surface area contributed by atoms with Crippen molar-refractivity contribution in [2.75, 3.05) is 0 Å². The number of aromatic nitrogens is 5. The Bertz CT molecular complexity index is 1170. The standard InChI is InChI=1S/C21H24N6O2.C2HF3O2/c1-2-3-17(21(28)29)18(20-24-26-27-25-20)8-13-4-7-19(23-10-13)14-5-6-15-11-22-12-16(15)9-14;3-2(4,5)1(6)7/h4-7,9-10,17-18,22H,2-3,8,11-12H2,1H3,(H,28,29)(H,24,25,26,27);(H,6,7)/t17-,18-;/m0./s1. The lowest BCUT2D eigenvalue weighted by atomic mass is 9.83. The lowest BCUT2D eigenvalue weighted by Crippen LogP contribution is -2.77. The maximum Gasteiger partial charge on any atom is 0.430 e. The summed E-state index contributed by atoms with van der Waals surface area (Å²) in [5.74, 6) is -4.32. The molecule has 0 aliphatic carbocycles. The number of nitrogens with one attached hydrogen (secondary N) is 1. The molecular formula is C23H25F3N6O4. The van der Waals surface area contributed by atoms with Crippen LogP contribution in [0.4, 0.5) is 13.2 Å². The van der Waals surface area contributed by atoms with Gasteiger partial charge in [0.15, 0.2) is 5.82 Å². The third kappa shape index (κ3) is 6.84. The molecule has 4 rings (SSSR count). The van der Waals surface area contributed by atoms with Crippen LogP contribution in [0.5, 0.6) is 0 Å². The van der Waals surface area contributed by atoms with Crippen LogP contribution in [0.1, 0.15) is 48.2 Å². The highest BCUT2D eigenvalue weighted by molar-refractivity contribution is 5.71. The minimum absolute atomic E-state index is 0.352. The van der Waals surface area contributed by atoms with Crippen molar-refractivity contribution in [1.29, 1.82) is 0 Å². The second-order valence-electron chi connectivity index (χ2n) is 8.33. The molecule has 36 heavy (non-hydrogen) atoms. The molecule has 1 aliphatic rings. The second kappa shape index (κ2) is 11.7. The van der Waals surface area contributed by atoms with Crippen molar-refractivity contribution < 1.29 is 38.3 Å². The molecule has 0 spiro atoms. The highest BCUT2D eigenvalue weighted by Crippen LogP contribution is 2.30. The minimum atomic E-state index is -5.19. The van der Waals surface area contributed by atoms with Gasteiger partial charge in [0.25, 0.3) is 0 Å². The first-order valence-corrected chi connectivity index (χ1v) is 11.2. The smallest absolute Gasteiger partial charge is 0.430 e. The van der Waals surface area contributed by atoms with Gasteiger partial charge in [0.1, 0.15) is 19.1 Å². The number of aromatic amines is 1. The normalized spacial score (nSPS) is 14.3. The van der Waals surface area contributed by atoms with Crippen molar-refractivity contribution in [3.05, 3.63) is 59.0 Å². The molecule has 0 unspecified atom stereocenters. The summed E-state index contributed by atoms with van der Waals surface area (Å²) >= 11 is 0. The molecule has 10 nitrogen and oxygen atoms in total. The summed E-state index contributed by atoms with van der Waals surface area (Å²) in [4.78, 5) is 25.3. The molecular weight excluding hydrogens is 481 g/mol. The van der Waals surface area contributed by atoms with Crippen LogP contribution in [0.2, 0.25) is 0 Å². The molecule has 3 aromatic rings. The average molecular weight is 506 g/mol. The van der Waals surface area contributed by atoms with Crippen LogP contribution in [-0.4, -0.2) is 48.8 Å². The van der Waals surface area contributed by atoms with Gasteiger partial charge in [0, 0.05) is 28.8 Å². The van der Waals surface area contributed by atoms with Crippen molar-refractivity contribution in [1.82, 2.24) is 25.6 Å². The quantitative estimate of drug-likeness (QED) is 0.407. The third-order valence-electron chi connectivity index (χ3n) is 5.84. The van der Waals surface area contributed by atoms with Crippen molar-refractivity contribution in [3.8, 4) is 11.3 Å². The predicted octanol–water partition coefficient (Wildman–Crippen LogP) is 0.965. The van der Waals surface area contributed by atoms with Gasteiger partial charge < -0.3 is 20.3 Å². The molecule has 0 fully saturated rings. The number of carboxylic acid groups (broad SMARTS) is 2. The van der Waals surface area contributed by atoms with E-state index >= 15 is 0 Å². The molecule has 2 atom stereocenters. The van der Waals surface area contributed by atoms with Gasteiger partial charge in [-0.2, -0.15) is 18.4 Å². The Hall–Kier alpha value is -3.87. The van der Waals surface area contributed by atoms with Gasteiger partial charge in [-0.1, -0.05) is 36.8 Å². The fraction of sp³-hybridized carbons (Fsp3) is 0.391. The number of quaternary nitrogens is 1. The van der Waals surface area contributed by atoms with Crippen LogP contribution in [0.25, 0.3) is 11.3 Å². The number of carbonyl (C=O) groups excluding carboxylic acids is 1. The first kappa shape index (κ1) is 26.7. The first-order valence-electron chi connectivity index (χ1n) is 11.2. The van der Waals surface area contributed by atoms with E-state index in [2.05, 4.69) is 49.1 Å². The second-order valence-corrected chi connectivity index (χ2v) is 8.33. The zero-order valence-electron chi connectivity index (χ0n) is 19.3. The molecule has 4 N–H and O–H groups in total. The number of carboxylic acids is 2. The lowest BCUT2D eigenvalue weighted by molar-refractivity contribution is -0.676. The van der Waals surface area contributed by atoms with Crippen molar-refractivity contribution in [2.45, 2.75) is 51.4 Å². The minimum Gasteiger partial charge on any atom is -0.542 e. The fourth-order valence-corrected chi connectivity index (χ4v) is 4.08. The van der Waals surface area contributed by atoms with E-state index in [0.717, 1.165) is 36.3 Å². The largest absolute Gasteiger partial charge is 0.542 e. The number of aliphatic carboxylic acids is 2. The van der Waals surface area contributed by atoms with Gasteiger partial charge in [-0.15, -0.1) is 10.2 Å². The van der Waals surface area contributed by atoms with Crippen molar-refractivity contribution in [2.24, 2.45) is 5.92 Å². The van der Waals surface area contributed by atoms with Crippen LogP contribution < -0.4 is 10.4 Å². The van der Waals surface area contributed by atoms with E-state index < -0.39 is 24.0 Å². The number of rotatable bonds is 8. The monoisotopic (exact) mass is 506 g/mol. The predicted molar refractivity (Wildman–Crippen MR) is 117 cm³/mol. The third-order valence-corrected chi connectivity index (χ3v) is 5.84. The maximum absolute atomic E-state index is 11.8. The number of fused-ring (bicyclic) bond motifs is 1. The Kier molecular flexibility index (Phi) is 8.69. The number of benzene rings is 1. The lowest BCUT2D eigenvalue weighted by Gasteiger charge is -2.21. The van der Waals surface area contributed by atoms with E-state index in [-0.39, 0.29) is 5.92 Å². The molecule has 0 saturated carbocycles. The van der Waals surface area contributed by atoms with E-state index in [1.165, 1.54) is 11.1 Å². The zero-order chi connectivity index (χ0) is 26.3. The van der Waals surface area contributed by atoms with Crippen LogP contribution in [0, 0.1) is 5.92 Å². The highest BCUT2D eigenvalue weighted by atomic mass is 19.4. The van der Waals surface area contributed by atoms with E-state index in [9.17, 15) is 23.1 Å². The summed E-state index contributed by atoms with van der Waals surface area (Å²) in [6.45, 7) is 4.04. The molecule has 0 saturated heterocycles. The van der Waals surface area contributed by atoms with Crippen LogP contribution >= 0.6 is 0 Å². The van der Waals surface area contributed by atoms with Crippen LogP contribution in [-0.2, 0) is 29.1 Å². The number of hydrogen-bond donors (Lipinski definition) is 3. The SMILES string of the molecule is CCC[C@H](C(=O)O)[C@H](Cc1ccc(-c2ccc3c(c2)C[NH2+]C3)nc1)c1nn[nH]n1.O=C([O-])C(F)(F)F. The van der Waals surface area contributed by atoms with Gasteiger partial charge >= 0.3 is 12.1 Å². The summed E-state index contributed by atoms with van der Waals surface area (Å²) < 4.78 is 31.5. The zero-order valence-corrected chi connectivity index (χ0v) is 19.3. The van der Waals surface area contributed by atoms with E-state index in [1.54, 1.807) is 0 Å². The van der Waals surface area contributed by atoms with Crippen LogP contribution in [0.3, 0.4) is 0 Å². The molecule has 1 aromatic carbocycles. The summed E-state index contributed by atoms with van der Waals surface area (Å²) in [6, 6.07) is 10.5. The number of alkyl halides is 3. The maximum atomic E-state index is 11.8. The number of tetrazole rings is 1. The molecule has 0 amide bonds. The highest BCUT2D eigenvalue weighted by Gasteiger charge is 2.32. The van der Waals surface area contributed by atoms with Crippen LogP contribution in [0.15, 0.2) is 36.5 Å². The Morgan fingerprint density at radius 3 is 2.47 bits per heavy atom. The number of nitrogens with two attached hydrogens (primary N) is 1. The number of H-pyrrole nitrogens is 1.